The first-order valence-corrected chi connectivity index (χ1v) is 11.0. The topological polar surface area (TPSA) is 91.6 Å². The number of ketones is 1. The molecular weight excluding hydrogens is 390 g/mol. The summed E-state index contributed by atoms with van der Waals surface area (Å²) in [7, 11) is 0. The second kappa shape index (κ2) is 7.39. The van der Waals surface area contributed by atoms with Crippen molar-refractivity contribution in [3.63, 3.8) is 0 Å². The van der Waals surface area contributed by atoms with E-state index in [1.807, 2.05) is 36.4 Å². The number of hydrogen-bond donors (Lipinski definition) is 3. The van der Waals surface area contributed by atoms with Gasteiger partial charge in [0, 0.05) is 52.9 Å². The number of nitrogens with two attached hydrogens (primary N) is 1. The van der Waals surface area contributed by atoms with Crippen LogP contribution < -0.4 is 10.5 Å². The van der Waals surface area contributed by atoms with Gasteiger partial charge in [0.1, 0.15) is 11.9 Å². The predicted molar refractivity (Wildman–Crippen MR) is 122 cm³/mol. The number of rotatable bonds is 4. The van der Waals surface area contributed by atoms with Crippen LogP contribution in [0, 0.1) is 0 Å². The molecule has 0 spiro atoms. The maximum absolute atomic E-state index is 13.4. The number of H-pyrrole nitrogens is 1. The van der Waals surface area contributed by atoms with Gasteiger partial charge in [0.2, 0.25) is 0 Å². The van der Waals surface area contributed by atoms with Crippen LogP contribution in [0.15, 0.2) is 36.4 Å². The number of hydrogen-bond acceptors (Lipinski definition) is 5. The molecule has 31 heavy (non-hydrogen) atoms. The molecule has 0 bridgehead atoms. The van der Waals surface area contributed by atoms with Crippen LogP contribution in [0.5, 0.6) is 5.75 Å². The number of piperidine rings is 1. The second-order valence-corrected chi connectivity index (χ2v) is 9.22. The van der Waals surface area contributed by atoms with Gasteiger partial charge in [-0.3, -0.25) is 4.79 Å². The monoisotopic (exact) mass is 419 g/mol. The van der Waals surface area contributed by atoms with Crippen molar-refractivity contribution < 1.29 is 14.6 Å². The largest absolute Gasteiger partial charge is 0.490 e. The summed E-state index contributed by atoms with van der Waals surface area (Å²) in [6.45, 7) is 7.07. The number of nitrogen functional groups attached to an aromatic ring is 1. The lowest BCUT2D eigenvalue weighted by Gasteiger charge is -2.34. The molecule has 1 aliphatic heterocycles. The quantitative estimate of drug-likeness (QED) is 0.564. The van der Waals surface area contributed by atoms with Gasteiger partial charge in [-0.1, -0.05) is 19.9 Å². The van der Waals surface area contributed by atoms with E-state index in [4.69, 9.17) is 15.6 Å². The van der Waals surface area contributed by atoms with Crippen LogP contribution in [0.4, 0.5) is 5.69 Å². The van der Waals surface area contributed by atoms with E-state index in [0.717, 1.165) is 71.5 Å². The Morgan fingerprint density at radius 2 is 1.97 bits per heavy atom. The highest BCUT2D eigenvalue weighted by molar-refractivity contribution is 6.20. The molecule has 4 N–H and O–H groups in total. The third kappa shape index (κ3) is 3.30. The summed E-state index contributed by atoms with van der Waals surface area (Å²) in [6, 6.07) is 11.5. The van der Waals surface area contributed by atoms with Gasteiger partial charge in [0.15, 0.2) is 5.78 Å². The van der Waals surface area contributed by atoms with Gasteiger partial charge in [-0.2, -0.15) is 0 Å². The van der Waals surface area contributed by atoms with E-state index >= 15 is 0 Å². The molecule has 0 unspecified atom stereocenters. The molecule has 0 amide bonds. The molecule has 3 aromatic rings. The van der Waals surface area contributed by atoms with Crippen LogP contribution in [0.1, 0.15) is 53.9 Å². The van der Waals surface area contributed by atoms with Crippen molar-refractivity contribution in [1.82, 2.24) is 9.88 Å². The molecular formula is C25H29N3O3. The zero-order chi connectivity index (χ0) is 21.8. The summed E-state index contributed by atoms with van der Waals surface area (Å²) in [4.78, 5) is 19.2. The van der Waals surface area contributed by atoms with Crippen molar-refractivity contribution in [2.24, 2.45) is 0 Å². The molecule has 1 aliphatic carbocycles. The number of aliphatic hydroxyl groups excluding tert-OH is 1. The molecule has 2 heterocycles. The fourth-order valence-electron chi connectivity index (χ4n) is 5.09. The van der Waals surface area contributed by atoms with Crippen molar-refractivity contribution in [1.29, 1.82) is 0 Å². The van der Waals surface area contributed by atoms with Crippen molar-refractivity contribution >= 4 is 22.4 Å². The molecule has 0 atom stereocenters. The van der Waals surface area contributed by atoms with Gasteiger partial charge in [-0.05, 0) is 48.7 Å². The highest BCUT2D eigenvalue weighted by atomic mass is 16.5. The minimum Gasteiger partial charge on any atom is -0.490 e. The molecule has 5 rings (SSSR count). The van der Waals surface area contributed by atoms with Crippen LogP contribution in [0.3, 0.4) is 0 Å². The molecule has 6 heteroatoms. The Morgan fingerprint density at radius 3 is 2.71 bits per heavy atom. The normalized spacial score (nSPS) is 18.7. The maximum Gasteiger partial charge on any atom is 0.195 e. The molecule has 0 radical (unpaired) electrons. The van der Waals surface area contributed by atoms with Gasteiger partial charge in [0.25, 0.3) is 0 Å². The highest BCUT2D eigenvalue weighted by Gasteiger charge is 2.40. The number of likely N-dealkylation sites (tertiary alicyclic amines) is 1. The minimum absolute atomic E-state index is 0.0456. The number of aliphatic hydroxyl groups is 1. The van der Waals surface area contributed by atoms with Crippen LogP contribution in [-0.4, -0.2) is 53.1 Å². The van der Waals surface area contributed by atoms with Crippen molar-refractivity contribution in [3.8, 4) is 5.75 Å². The number of nitrogens with one attached hydrogen (secondary N) is 1. The number of β-amino-alcohol motifs (C(OH)–C–C–N with tert-alkyl or cyclic N) is 1. The van der Waals surface area contributed by atoms with Crippen molar-refractivity contribution in [2.75, 3.05) is 32.0 Å². The van der Waals surface area contributed by atoms with E-state index < -0.39 is 0 Å². The summed E-state index contributed by atoms with van der Waals surface area (Å²) in [5.41, 5.74) is 10.6. The standard InChI is InChI=1S/C25H29N3O3/c1-25(2)20-14-17(31-16-7-9-28(10-8-16)11-12-29)4-6-18(20)23(30)22-19-5-3-15(26)13-21(19)27-24(22)25/h3-6,13-14,16,27,29H,7-12,26H2,1-2H3. The number of fused-ring (bicyclic) bond motifs is 4. The third-order valence-electron chi connectivity index (χ3n) is 6.84. The van der Waals surface area contributed by atoms with E-state index in [1.165, 1.54) is 0 Å². The van der Waals surface area contributed by atoms with Crippen LogP contribution >= 0.6 is 0 Å². The van der Waals surface area contributed by atoms with Gasteiger partial charge >= 0.3 is 0 Å². The van der Waals surface area contributed by atoms with Crippen molar-refractivity contribution in [3.05, 3.63) is 58.8 Å². The number of aromatic nitrogens is 1. The minimum atomic E-state index is -0.365. The van der Waals surface area contributed by atoms with Gasteiger partial charge in [-0.25, -0.2) is 0 Å². The molecule has 1 aromatic heterocycles. The number of anilines is 1. The highest BCUT2D eigenvalue weighted by Crippen LogP contribution is 2.45. The fraction of sp³-hybridized carbons (Fsp3) is 0.400. The van der Waals surface area contributed by atoms with E-state index in [1.54, 1.807) is 0 Å². The Balaban J connectivity index is 1.46. The molecule has 1 fully saturated rings. The Hall–Kier alpha value is -2.83. The first kappa shape index (κ1) is 20.1. The summed E-state index contributed by atoms with van der Waals surface area (Å²) in [5.74, 6) is 0.855. The Kier molecular flexibility index (Phi) is 4.79. The number of carbonyl (C=O) groups is 1. The molecule has 1 saturated heterocycles. The fourth-order valence-corrected chi connectivity index (χ4v) is 5.09. The molecule has 0 saturated carbocycles. The molecule has 2 aromatic carbocycles. The van der Waals surface area contributed by atoms with Crippen molar-refractivity contribution in [2.45, 2.75) is 38.2 Å². The lowest BCUT2D eigenvalue weighted by molar-refractivity contribution is 0.0887. The van der Waals surface area contributed by atoms with E-state index in [0.29, 0.717) is 5.69 Å². The summed E-state index contributed by atoms with van der Waals surface area (Å²) in [6.07, 6.45) is 2.03. The second-order valence-electron chi connectivity index (χ2n) is 9.22. The number of carbonyl (C=O) groups excluding carboxylic acids is 1. The average molecular weight is 420 g/mol. The van der Waals surface area contributed by atoms with Crippen LogP contribution in [0.25, 0.3) is 10.9 Å². The lowest BCUT2D eigenvalue weighted by atomic mass is 9.71. The molecule has 162 valence electrons. The number of aromatic amines is 1. The first-order valence-electron chi connectivity index (χ1n) is 11.0. The van der Waals surface area contributed by atoms with Crippen LogP contribution in [0.2, 0.25) is 0 Å². The summed E-state index contributed by atoms with van der Waals surface area (Å²) < 4.78 is 6.31. The van der Waals surface area contributed by atoms with Gasteiger partial charge in [0.05, 0.1) is 12.2 Å². The zero-order valence-electron chi connectivity index (χ0n) is 18.1. The van der Waals surface area contributed by atoms with Gasteiger partial charge in [-0.15, -0.1) is 0 Å². The van der Waals surface area contributed by atoms with E-state index in [9.17, 15) is 4.79 Å². The number of ether oxygens (including phenoxy) is 1. The Labute approximate surface area is 182 Å². The summed E-state index contributed by atoms with van der Waals surface area (Å²) >= 11 is 0. The molecule has 2 aliphatic rings. The average Bonchev–Trinajstić information content (AvgIpc) is 3.14. The maximum atomic E-state index is 13.4. The summed E-state index contributed by atoms with van der Waals surface area (Å²) in [5, 5.41) is 10.0. The smallest absolute Gasteiger partial charge is 0.195 e. The number of nitrogens with zero attached hydrogens (tertiary/aromatic N) is 1. The van der Waals surface area contributed by atoms with Crippen LogP contribution in [-0.2, 0) is 5.41 Å². The van der Waals surface area contributed by atoms with E-state index in [2.05, 4.69) is 23.7 Å². The van der Waals surface area contributed by atoms with Gasteiger partial charge < -0.3 is 25.5 Å². The third-order valence-corrected chi connectivity index (χ3v) is 6.84. The SMILES string of the molecule is CC1(C)c2cc(OC3CCN(CCO)CC3)ccc2C(=O)c2c1[nH]c1cc(N)ccc21. The predicted octanol–water partition coefficient (Wildman–Crippen LogP) is 3.46. The first-order chi connectivity index (χ1) is 14.9. The Bertz CT molecular complexity index is 1160. The van der Waals surface area contributed by atoms with E-state index in [-0.39, 0.29) is 23.9 Å². The Morgan fingerprint density at radius 1 is 1.19 bits per heavy atom. The molecule has 6 nitrogen and oxygen atoms in total. The zero-order valence-corrected chi connectivity index (χ0v) is 18.1. The lowest BCUT2D eigenvalue weighted by Crippen LogP contribution is -2.39. The number of benzene rings is 2.